The highest BCUT2D eigenvalue weighted by atomic mass is 32.2. The van der Waals surface area contributed by atoms with Gasteiger partial charge in [-0.25, -0.2) is 9.59 Å². The van der Waals surface area contributed by atoms with E-state index in [0.717, 1.165) is 22.3 Å². The largest absolute Gasteiger partial charge is 0.493 e. The Kier molecular flexibility index (Phi) is 14.1. The molecule has 7 atom stereocenters. The molecule has 6 aliphatic rings. The van der Waals surface area contributed by atoms with Gasteiger partial charge in [-0.3, -0.25) is 14.6 Å². The number of nitriles is 1. The minimum absolute atomic E-state index is 0.0228. The van der Waals surface area contributed by atoms with Crippen molar-refractivity contribution in [2.24, 2.45) is 0 Å². The van der Waals surface area contributed by atoms with Crippen LogP contribution in [-0.2, 0) is 51.0 Å². The van der Waals surface area contributed by atoms with Gasteiger partial charge in [0.15, 0.2) is 41.2 Å². The molecule has 2 unspecified atom stereocenters. The van der Waals surface area contributed by atoms with Gasteiger partial charge in [-0.1, -0.05) is 84.9 Å². The Bertz CT molecular complexity index is 2820. The van der Waals surface area contributed by atoms with E-state index >= 15 is 0 Å². The van der Waals surface area contributed by atoms with Crippen molar-refractivity contribution in [2.45, 2.75) is 81.1 Å². The second-order valence-corrected chi connectivity index (χ2v) is 20.0. The molecule has 4 heterocycles. The number of thioether (sulfide) groups is 1. The number of carbonyl (C=O) groups is 3. The molecule has 2 N–H and O–H groups in total. The average molecular weight is 999 g/mol. The van der Waals surface area contributed by atoms with E-state index in [4.69, 9.17) is 37.9 Å². The van der Waals surface area contributed by atoms with Crippen LogP contribution in [-0.4, -0.2) is 135 Å². The molecule has 4 aliphatic heterocycles. The lowest BCUT2D eigenvalue weighted by Crippen LogP contribution is -2.74. The number of nitrogens with one attached hydrogen (secondary N) is 1. The lowest BCUT2D eigenvalue weighted by molar-refractivity contribution is -0.159. The van der Waals surface area contributed by atoms with E-state index in [0.29, 0.717) is 36.9 Å². The van der Waals surface area contributed by atoms with Crippen molar-refractivity contribution in [3.8, 4) is 28.7 Å². The van der Waals surface area contributed by atoms with Crippen molar-refractivity contribution in [1.29, 1.82) is 5.26 Å². The first-order valence-electron chi connectivity index (χ1n) is 24.2. The maximum absolute atomic E-state index is 14.8. The number of Topliss-reactive ketones (excluding diaryl/α,β-unsaturated/α-hetero) is 1. The average Bonchev–Trinajstić information content (AvgIpc) is 4.00. The maximum atomic E-state index is 14.8. The van der Waals surface area contributed by atoms with Crippen LogP contribution in [0.1, 0.15) is 58.7 Å². The molecule has 3 saturated heterocycles. The molecule has 72 heavy (non-hydrogen) atoms. The van der Waals surface area contributed by atoms with Crippen LogP contribution >= 0.6 is 11.8 Å². The first kappa shape index (κ1) is 49.2. The fourth-order valence-corrected chi connectivity index (χ4v) is 13.0. The summed E-state index contributed by atoms with van der Waals surface area (Å²) in [6, 6.07) is 25.6. The van der Waals surface area contributed by atoms with Crippen molar-refractivity contribution in [3.05, 3.63) is 141 Å². The van der Waals surface area contributed by atoms with Crippen LogP contribution in [0.4, 0.5) is 4.79 Å². The third kappa shape index (κ3) is 8.67. The van der Waals surface area contributed by atoms with Gasteiger partial charge in [-0.05, 0) is 66.3 Å². The molecule has 0 saturated carbocycles. The van der Waals surface area contributed by atoms with Gasteiger partial charge < -0.3 is 48.3 Å². The van der Waals surface area contributed by atoms with Gasteiger partial charge >= 0.3 is 12.1 Å². The Hall–Kier alpha value is -6.39. The van der Waals surface area contributed by atoms with Crippen LogP contribution in [0.15, 0.2) is 108 Å². The molecule has 0 radical (unpaired) electrons. The van der Waals surface area contributed by atoms with Crippen LogP contribution in [0.2, 0.25) is 0 Å². The number of piperazine rings is 1. The molecule has 376 valence electrons. The number of aryl methyl sites for hydroxylation is 1. The van der Waals surface area contributed by atoms with E-state index in [9.17, 15) is 24.8 Å². The second-order valence-electron chi connectivity index (χ2n) is 18.9. The smallest absolute Gasteiger partial charge is 0.408 e. The van der Waals surface area contributed by atoms with Crippen LogP contribution < -0.4 is 14.8 Å². The number of aliphatic hydroxyl groups is 1. The number of alkyl carbamates (subject to hydrolysis) is 1. The molecule has 2 aliphatic carbocycles. The molecule has 2 bridgehead atoms. The van der Waals surface area contributed by atoms with E-state index < -0.39 is 66.3 Å². The zero-order valence-electron chi connectivity index (χ0n) is 40.9. The third-order valence-electron chi connectivity index (χ3n) is 15.0. The number of carbonyl (C=O) groups excluding carboxylic acids is 3. The fraction of sp³-hybridized carbons (Fsp3) is 0.418. The van der Waals surface area contributed by atoms with Crippen LogP contribution in [0.3, 0.4) is 0 Å². The van der Waals surface area contributed by atoms with Gasteiger partial charge in [-0.2, -0.15) is 17.0 Å². The molecule has 4 aromatic rings. The van der Waals surface area contributed by atoms with Crippen LogP contribution in [0, 0.1) is 18.3 Å². The lowest BCUT2D eigenvalue weighted by atomic mass is 9.65. The number of hydrogen-bond acceptors (Lipinski definition) is 16. The minimum atomic E-state index is -2.16. The number of benzene rings is 4. The number of esters is 1. The Morgan fingerprint density at radius 3 is 2.36 bits per heavy atom. The number of piperidine rings is 1. The maximum Gasteiger partial charge on any atom is 0.408 e. The highest BCUT2D eigenvalue weighted by Crippen LogP contribution is 2.57. The SMILES string of the molecule is COCCOCOc1c(OC)c(C)cc2c1[C@H]1C3CC4(O)C(=O)C(C)=C5OCOC5=C4[C@H](COC(=O)[C@@H](CSCC4c5ccccc5-c5ccccc54)NC(=O)OCc4ccccc4)N3[C@@H](C#N)[C@H](C2)N1C. The van der Waals surface area contributed by atoms with Crippen molar-refractivity contribution < 1.29 is 57.4 Å². The Morgan fingerprint density at radius 1 is 0.944 bits per heavy atom. The second kappa shape index (κ2) is 20.6. The number of nitrogens with zero attached hydrogens (tertiary/aromatic N) is 3. The number of ketones is 1. The van der Waals surface area contributed by atoms with Gasteiger partial charge in [0, 0.05) is 59.7 Å². The number of fused-ring (bicyclic) bond motifs is 11. The fourth-order valence-electron chi connectivity index (χ4n) is 11.8. The van der Waals surface area contributed by atoms with Crippen molar-refractivity contribution >= 4 is 29.6 Å². The number of ether oxygens (including phenoxy) is 8. The predicted molar refractivity (Wildman–Crippen MR) is 265 cm³/mol. The Labute approximate surface area is 422 Å². The zero-order valence-corrected chi connectivity index (χ0v) is 41.7. The summed E-state index contributed by atoms with van der Waals surface area (Å²) in [4.78, 5) is 47.2. The number of amides is 1. The van der Waals surface area contributed by atoms with E-state index in [1.807, 2.05) is 79.5 Å². The summed E-state index contributed by atoms with van der Waals surface area (Å²) in [5, 5.41) is 27.2. The van der Waals surface area contributed by atoms with E-state index in [2.05, 4.69) is 40.6 Å². The summed E-state index contributed by atoms with van der Waals surface area (Å²) in [6.07, 6.45) is -0.521. The number of likely N-dealkylation sites (N-methyl/N-ethyl adjacent to an activating group) is 1. The third-order valence-corrected chi connectivity index (χ3v) is 16.1. The molecular weight excluding hydrogens is 941 g/mol. The van der Waals surface area contributed by atoms with Crippen LogP contribution in [0.5, 0.6) is 11.5 Å². The normalized spacial score (nSPS) is 24.3. The van der Waals surface area contributed by atoms with Crippen molar-refractivity contribution in [1.82, 2.24) is 15.1 Å². The Balaban J connectivity index is 0.991. The topological polar surface area (TPSA) is 188 Å². The summed E-state index contributed by atoms with van der Waals surface area (Å²) in [5.41, 5.74) is 6.20. The van der Waals surface area contributed by atoms with Gasteiger partial charge in [-0.15, -0.1) is 0 Å². The van der Waals surface area contributed by atoms with Gasteiger partial charge in [0.1, 0.15) is 25.3 Å². The highest BCUT2D eigenvalue weighted by molar-refractivity contribution is 7.99. The van der Waals surface area contributed by atoms with E-state index in [1.54, 1.807) is 21.1 Å². The first-order chi connectivity index (χ1) is 35.0. The molecule has 1 amide bonds. The molecule has 10 rings (SSSR count). The molecule has 4 aromatic carbocycles. The van der Waals surface area contributed by atoms with Crippen LogP contribution in [0.25, 0.3) is 11.1 Å². The molecule has 0 aromatic heterocycles. The van der Waals surface area contributed by atoms with E-state index in [1.165, 1.54) is 34.0 Å². The number of methoxy groups -OCH3 is 2. The zero-order chi connectivity index (χ0) is 50.3. The Morgan fingerprint density at radius 2 is 1.65 bits per heavy atom. The summed E-state index contributed by atoms with van der Waals surface area (Å²) >= 11 is 1.50. The summed E-state index contributed by atoms with van der Waals surface area (Å²) in [7, 11) is 5.09. The monoisotopic (exact) mass is 998 g/mol. The standard InChI is InChI=1S/C55H58N4O12S/c1-31-21-34-22-41-43(24-56)59-42(47(58(41)3)45(34)50(48(31)65-5)69-29-66-20-19-64-4)23-55(63)46(51-49(70-30-71-51)32(2)52(55)60)44(59)26-67-53(61)40(57-54(62)68-25-33-13-7-6-8-14-33)28-72-27-39-37-17-11-9-15-35(37)36-16-10-12-18-38(36)39/h6-18,21,39-44,47,63H,19-20,22-23,25-30H2,1-5H3,(H,57,62)/t40-,41+,42?,43+,44+,47-,55?/m1/s1. The highest BCUT2D eigenvalue weighted by Gasteiger charge is 2.64. The predicted octanol–water partition coefficient (Wildman–Crippen LogP) is 6.48. The molecule has 0 spiro atoms. The first-order valence-corrected chi connectivity index (χ1v) is 25.3. The van der Waals surface area contributed by atoms with E-state index in [-0.39, 0.29) is 60.9 Å². The molecule has 16 nitrogen and oxygen atoms in total. The minimum Gasteiger partial charge on any atom is -0.493 e. The van der Waals surface area contributed by atoms with Crippen molar-refractivity contribution in [2.75, 3.05) is 66.2 Å². The quantitative estimate of drug-likeness (QED) is 0.0664. The van der Waals surface area contributed by atoms with Gasteiger partial charge in [0.05, 0.1) is 38.5 Å². The summed E-state index contributed by atoms with van der Waals surface area (Å²) in [5.74, 6) is 0.747. The molecule has 17 heteroatoms. The molecule has 3 fully saturated rings. The molecular formula is C55H58N4O12S. The summed E-state index contributed by atoms with van der Waals surface area (Å²) in [6.45, 7) is 3.42. The van der Waals surface area contributed by atoms with Gasteiger partial charge in [0.2, 0.25) is 6.79 Å². The summed E-state index contributed by atoms with van der Waals surface area (Å²) < 4.78 is 47.3. The number of hydrogen-bond donors (Lipinski definition) is 2. The number of rotatable bonds is 17. The lowest BCUT2D eigenvalue weighted by Gasteiger charge is -2.62. The van der Waals surface area contributed by atoms with Gasteiger partial charge in [0.25, 0.3) is 0 Å². The van der Waals surface area contributed by atoms with Crippen molar-refractivity contribution in [3.63, 3.8) is 0 Å².